The standard InChI is InChI=1S/C12H15NO4S/c14-18(15,13-4-6-16-7-5-13)11-3-1-2-10(8-11)12-9-17-12/h1-3,8,12H,4-7,9H2/t12-/m0/s1. The van der Waals surface area contributed by atoms with E-state index < -0.39 is 10.0 Å². The first-order valence-electron chi connectivity index (χ1n) is 5.97. The molecule has 0 saturated carbocycles. The lowest BCUT2D eigenvalue weighted by Crippen LogP contribution is -2.40. The lowest BCUT2D eigenvalue weighted by Gasteiger charge is -2.26. The summed E-state index contributed by atoms with van der Waals surface area (Å²) in [5.74, 6) is 0. The van der Waals surface area contributed by atoms with E-state index in [0.29, 0.717) is 37.8 Å². The monoisotopic (exact) mass is 269 g/mol. The van der Waals surface area contributed by atoms with Gasteiger partial charge in [-0.05, 0) is 17.7 Å². The Morgan fingerprint density at radius 3 is 2.61 bits per heavy atom. The second-order valence-corrected chi connectivity index (χ2v) is 6.35. The Hall–Kier alpha value is -0.950. The average Bonchev–Trinajstić information content (AvgIpc) is 3.24. The Balaban J connectivity index is 1.89. The minimum Gasteiger partial charge on any atom is -0.379 e. The normalized spacial score (nSPS) is 25.0. The molecule has 98 valence electrons. The van der Waals surface area contributed by atoms with Crippen molar-refractivity contribution in [2.75, 3.05) is 32.9 Å². The molecule has 0 bridgehead atoms. The highest BCUT2D eigenvalue weighted by Gasteiger charge is 2.29. The SMILES string of the molecule is O=S(=O)(c1cccc([C@@H]2CO2)c1)N1CCOCC1. The predicted octanol–water partition coefficient (Wildman–Crippen LogP) is 0.779. The molecule has 5 nitrogen and oxygen atoms in total. The summed E-state index contributed by atoms with van der Waals surface area (Å²) < 4.78 is 36.7. The quantitative estimate of drug-likeness (QED) is 0.761. The van der Waals surface area contributed by atoms with Crippen LogP contribution < -0.4 is 0 Å². The molecule has 0 aromatic heterocycles. The number of rotatable bonds is 3. The zero-order valence-corrected chi connectivity index (χ0v) is 10.7. The first kappa shape index (κ1) is 12.1. The maximum absolute atomic E-state index is 12.4. The van der Waals surface area contributed by atoms with Crippen molar-refractivity contribution in [1.82, 2.24) is 4.31 Å². The molecule has 0 spiro atoms. The summed E-state index contributed by atoms with van der Waals surface area (Å²) in [6.07, 6.45) is 0.0739. The molecule has 1 aromatic rings. The van der Waals surface area contributed by atoms with Gasteiger partial charge in [0.25, 0.3) is 0 Å². The molecule has 6 heteroatoms. The summed E-state index contributed by atoms with van der Waals surface area (Å²) in [4.78, 5) is 0.345. The fraction of sp³-hybridized carbons (Fsp3) is 0.500. The molecular weight excluding hydrogens is 254 g/mol. The molecular formula is C12H15NO4S. The Morgan fingerprint density at radius 1 is 1.22 bits per heavy atom. The van der Waals surface area contributed by atoms with Crippen LogP contribution >= 0.6 is 0 Å². The van der Waals surface area contributed by atoms with Crippen molar-refractivity contribution in [3.8, 4) is 0 Å². The molecule has 0 N–H and O–H groups in total. The van der Waals surface area contributed by atoms with Crippen LogP contribution in [0.1, 0.15) is 11.7 Å². The molecule has 2 fully saturated rings. The number of epoxide rings is 1. The van der Waals surface area contributed by atoms with E-state index in [-0.39, 0.29) is 6.10 Å². The van der Waals surface area contributed by atoms with Gasteiger partial charge >= 0.3 is 0 Å². The molecule has 1 atom stereocenters. The van der Waals surface area contributed by atoms with Gasteiger partial charge in [-0.1, -0.05) is 12.1 Å². The largest absolute Gasteiger partial charge is 0.379 e. The molecule has 0 amide bonds. The van der Waals surface area contributed by atoms with E-state index in [1.165, 1.54) is 4.31 Å². The third-order valence-electron chi connectivity index (χ3n) is 3.17. The number of hydrogen-bond acceptors (Lipinski definition) is 4. The number of hydrogen-bond donors (Lipinski definition) is 0. The van der Waals surface area contributed by atoms with Crippen LogP contribution in [0.25, 0.3) is 0 Å². The van der Waals surface area contributed by atoms with Gasteiger partial charge in [0.15, 0.2) is 0 Å². The number of morpholine rings is 1. The highest BCUT2D eigenvalue weighted by Crippen LogP contribution is 2.31. The van der Waals surface area contributed by atoms with Gasteiger partial charge in [0.05, 0.1) is 24.7 Å². The minimum atomic E-state index is -3.39. The average molecular weight is 269 g/mol. The van der Waals surface area contributed by atoms with Crippen molar-refractivity contribution in [3.63, 3.8) is 0 Å². The molecule has 0 aliphatic carbocycles. The third-order valence-corrected chi connectivity index (χ3v) is 5.07. The van der Waals surface area contributed by atoms with E-state index >= 15 is 0 Å². The fourth-order valence-corrected chi connectivity index (χ4v) is 3.52. The van der Waals surface area contributed by atoms with Crippen LogP contribution in [0.15, 0.2) is 29.2 Å². The molecule has 1 aromatic carbocycles. The van der Waals surface area contributed by atoms with Crippen molar-refractivity contribution in [3.05, 3.63) is 29.8 Å². The number of nitrogens with zero attached hydrogens (tertiary/aromatic N) is 1. The van der Waals surface area contributed by atoms with E-state index in [9.17, 15) is 8.42 Å². The lowest BCUT2D eigenvalue weighted by atomic mass is 10.2. The minimum absolute atomic E-state index is 0.0739. The van der Waals surface area contributed by atoms with Gasteiger partial charge in [-0.25, -0.2) is 8.42 Å². The summed E-state index contributed by atoms with van der Waals surface area (Å²) in [6, 6.07) is 7.01. The van der Waals surface area contributed by atoms with Crippen LogP contribution in [0.3, 0.4) is 0 Å². The van der Waals surface area contributed by atoms with Crippen LogP contribution in [0.2, 0.25) is 0 Å². The molecule has 2 aliphatic heterocycles. The topological polar surface area (TPSA) is 59.1 Å². The van der Waals surface area contributed by atoms with Crippen LogP contribution in [0, 0.1) is 0 Å². The van der Waals surface area contributed by atoms with Gasteiger partial charge in [-0.2, -0.15) is 4.31 Å². The van der Waals surface area contributed by atoms with E-state index in [1.807, 2.05) is 6.07 Å². The third kappa shape index (κ3) is 2.29. The number of benzene rings is 1. The predicted molar refractivity (Wildman–Crippen MR) is 64.7 cm³/mol. The van der Waals surface area contributed by atoms with E-state index in [4.69, 9.17) is 9.47 Å². The first-order chi connectivity index (χ1) is 8.68. The second-order valence-electron chi connectivity index (χ2n) is 4.41. The Morgan fingerprint density at radius 2 is 1.94 bits per heavy atom. The first-order valence-corrected chi connectivity index (χ1v) is 7.41. The van der Waals surface area contributed by atoms with Crippen molar-refractivity contribution in [2.45, 2.75) is 11.0 Å². The zero-order chi connectivity index (χ0) is 12.6. The molecule has 3 rings (SSSR count). The van der Waals surface area contributed by atoms with Crippen LogP contribution in [0.4, 0.5) is 0 Å². The molecule has 2 aliphatic rings. The fourth-order valence-electron chi connectivity index (χ4n) is 2.05. The highest BCUT2D eigenvalue weighted by atomic mass is 32.2. The van der Waals surface area contributed by atoms with Crippen molar-refractivity contribution in [1.29, 1.82) is 0 Å². The van der Waals surface area contributed by atoms with Gasteiger partial charge in [0.1, 0.15) is 6.10 Å². The van der Waals surface area contributed by atoms with Gasteiger partial charge < -0.3 is 9.47 Å². The summed E-state index contributed by atoms with van der Waals surface area (Å²) in [7, 11) is -3.39. The number of sulfonamides is 1. The van der Waals surface area contributed by atoms with E-state index in [2.05, 4.69) is 0 Å². The highest BCUT2D eigenvalue weighted by molar-refractivity contribution is 7.89. The van der Waals surface area contributed by atoms with Crippen LogP contribution in [0.5, 0.6) is 0 Å². The zero-order valence-electron chi connectivity index (χ0n) is 9.91. The molecule has 0 unspecified atom stereocenters. The molecule has 2 heterocycles. The maximum Gasteiger partial charge on any atom is 0.243 e. The summed E-state index contributed by atoms with van der Waals surface area (Å²) in [5, 5.41) is 0. The van der Waals surface area contributed by atoms with E-state index in [1.54, 1.807) is 18.2 Å². The van der Waals surface area contributed by atoms with Crippen LogP contribution in [-0.4, -0.2) is 45.6 Å². The summed E-state index contributed by atoms with van der Waals surface area (Å²) in [5.41, 5.74) is 0.935. The Kier molecular flexibility index (Phi) is 3.11. The van der Waals surface area contributed by atoms with E-state index in [0.717, 1.165) is 5.56 Å². The van der Waals surface area contributed by atoms with Gasteiger partial charge in [0, 0.05) is 13.1 Å². The van der Waals surface area contributed by atoms with Gasteiger partial charge in [-0.3, -0.25) is 0 Å². The Labute approximate surface area is 106 Å². The second kappa shape index (κ2) is 4.62. The maximum atomic E-state index is 12.4. The van der Waals surface area contributed by atoms with Crippen LogP contribution in [-0.2, 0) is 19.5 Å². The number of ether oxygens (including phenoxy) is 2. The molecule has 2 saturated heterocycles. The summed E-state index contributed by atoms with van der Waals surface area (Å²) in [6.45, 7) is 2.45. The Bertz CT molecular complexity index is 533. The smallest absolute Gasteiger partial charge is 0.243 e. The van der Waals surface area contributed by atoms with Crippen molar-refractivity contribution >= 4 is 10.0 Å². The van der Waals surface area contributed by atoms with Crippen molar-refractivity contribution in [2.24, 2.45) is 0 Å². The van der Waals surface area contributed by atoms with Crippen molar-refractivity contribution < 1.29 is 17.9 Å². The molecule has 18 heavy (non-hydrogen) atoms. The summed E-state index contributed by atoms with van der Waals surface area (Å²) >= 11 is 0. The lowest BCUT2D eigenvalue weighted by molar-refractivity contribution is 0.0730. The molecule has 0 radical (unpaired) electrons. The van der Waals surface area contributed by atoms with Gasteiger partial charge in [-0.15, -0.1) is 0 Å². The van der Waals surface area contributed by atoms with Gasteiger partial charge in [0.2, 0.25) is 10.0 Å².